The van der Waals surface area contributed by atoms with E-state index < -0.39 is 0 Å². The van der Waals surface area contributed by atoms with Crippen LogP contribution in [0.2, 0.25) is 0 Å². The van der Waals surface area contributed by atoms with Crippen LogP contribution in [0.1, 0.15) is 36.0 Å². The highest BCUT2D eigenvalue weighted by molar-refractivity contribution is 5.95. The Labute approximate surface area is 132 Å². The number of aryl methyl sites for hydroxylation is 3. The van der Waals surface area contributed by atoms with E-state index in [-0.39, 0.29) is 18.4 Å². The zero-order valence-electron chi connectivity index (χ0n) is 13.5. The van der Waals surface area contributed by atoms with Gasteiger partial charge in [0.2, 0.25) is 11.8 Å². The molecule has 0 saturated heterocycles. The second-order valence-corrected chi connectivity index (χ2v) is 6.07. The molecule has 2 rings (SSSR count). The van der Waals surface area contributed by atoms with E-state index in [9.17, 15) is 9.59 Å². The highest BCUT2D eigenvalue weighted by Crippen LogP contribution is 2.22. The molecule has 2 N–H and O–H groups in total. The van der Waals surface area contributed by atoms with E-state index in [4.69, 9.17) is 0 Å². The minimum atomic E-state index is -0.189. The average Bonchev–Trinajstić information content (AvgIpc) is 2.93. The minimum absolute atomic E-state index is 0.0159. The predicted octanol–water partition coefficient (Wildman–Crippen LogP) is 3.02. The fourth-order valence-electron chi connectivity index (χ4n) is 2.92. The van der Waals surface area contributed by atoms with Crippen LogP contribution in [0.4, 0.5) is 5.69 Å². The number of nitrogens with one attached hydrogen (secondary N) is 2. The van der Waals surface area contributed by atoms with Crippen molar-refractivity contribution in [3.05, 3.63) is 41.0 Å². The number of carbonyl (C=O) groups is 2. The molecule has 4 heteroatoms. The Morgan fingerprint density at radius 3 is 2.41 bits per heavy atom. The molecule has 1 aromatic carbocycles. The lowest BCUT2D eigenvalue weighted by Gasteiger charge is -2.13. The fraction of sp³-hybridized carbons (Fsp3) is 0.444. The SMILES string of the molecule is Cc1cc(C)c(NC(=O)CNC(=O)C[C@@H]2C=CCC2)c(C)c1. The number of rotatable bonds is 5. The number of benzene rings is 1. The summed E-state index contributed by atoms with van der Waals surface area (Å²) in [5, 5.41) is 5.58. The Kier molecular flexibility index (Phi) is 5.36. The topological polar surface area (TPSA) is 58.2 Å². The van der Waals surface area contributed by atoms with Crippen LogP contribution in [0, 0.1) is 26.7 Å². The molecule has 0 bridgehead atoms. The second-order valence-electron chi connectivity index (χ2n) is 6.07. The first-order valence-electron chi connectivity index (χ1n) is 7.77. The molecule has 1 aliphatic carbocycles. The van der Waals surface area contributed by atoms with Gasteiger partial charge < -0.3 is 10.6 Å². The van der Waals surface area contributed by atoms with Gasteiger partial charge in [-0.3, -0.25) is 9.59 Å². The molecule has 0 aromatic heterocycles. The number of allylic oxidation sites excluding steroid dienone is 2. The van der Waals surface area contributed by atoms with Gasteiger partial charge >= 0.3 is 0 Å². The minimum Gasteiger partial charge on any atom is -0.347 e. The summed E-state index contributed by atoms with van der Waals surface area (Å²) in [6, 6.07) is 4.07. The van der Waals surface area contributed by atoms with Crippen LogP contribution >= 0.6 is 0 Å². The standard InChI is InChI=1S/C18H24N2O2/c1-12-8-13(2)18(14(3)9-12)20-17(22)11-19-16(21)10-15-6-4-5-7-15/h4,6,8-9,15H,5,7,10-11H2,1-3H3,(H,19,21)(H,20,22)/t15-/m1/s1. The average molecular weight is 300 g/mol. The van der Waals surface area contributed by atoms with Crippen LogP contribution in [0.5, 0.6) is 0 Å². The molecule has 22 heavy (non-hydrogen) atoms. The van der Waals surface area contributed by atoms with Crippen molar-refractivity contribution in [1.82, 2.24) is 5.32 Å². The molecule has 0 spiro atoms. The maximum atomic E-state index is 12.0. The normalized spacial score (nSPS) is 16.6. The Hall–Kier alpha value is -2.10. The lowest BCUT2D eigenvalue weighted by Crippen LogP contribution is -2.33. The molecule has 118 valence electrons. The number of amides is 2. The summed E-state index contributed by atoms with van der Waals surface area (Å²) in [7, 11) is 0. The van der Waals surface area contributed by atoms with E-state index in [1.54, 1.807) is 0 Å². The Morgan fingerprint density at radius 2 is 1.82 bits per heavy atom. The van der Waals surface area contributed by atoms with Crippen molar-refractivity contribution < 1.29 is 9.59 Å². The molecule has 0 saturated carbocycles. The van der Waals surface area contributed by atoms with Crippen LogP contribution in [-0.4, -0.2) is 18.4 Å². The molecule has 0 radical (unpaired) electrons. The van der Waals surface area contributed by atoms with Crippen molar-refractivity contribution in [3.8, 4) is 0 Å². The van der Waals surface area contributed by atoms with Crippen LogP contribution < -0.4 is 10.6 Å². The van der Waals surface area contributed by atoms with Gasteiger partial charge in [-0.05, 0) is 50.7 Å². The smallest absolute Gasteiger partial charge is 0.243 e. The second kappa shape index (κ2) is 7.25. The Bertz CT molecular complexity index is 582. The molecule has 0 aliphatic heterocycles. The summed E-state index contributed by atoms with van der Waals surface area (Å²) in [5.41, 5.74) is 4.08. The first-order chi connectivity index (χ1) is 10.5. The van der Waals surface area contributed by atoms with Crippen molar-refractivity contribution in [2.24, 2.45) is 5.92 Å². The van der Waals surface area contributed by atoms with Gasteiger partial charge in [0.25, 0.3) is 0 Å². The lowest BCUT2D eigenvalue weighted by molar-refractivity contribution is -0.124. The Balaban J connectivity index is 1.83. The molecule has 0 unspecified atom stereocenters. The first kappa shape index (κ1) is 16.3. The van der Waals surface area contributed by atoms with Crippen LogP contribution in [0.15, 0.2) is 24.3 Å². The molecule has 1 aliphatic rings. The third-order valence-corrected chi connectivity index (χ3v) is 3.95. The van der Waals surface area contributed by atoms with Gasteiger partial charge in [0.1, 0.15) is 0 Å². The summed E-state index contributed by atoms with van der Waals surface area (Å²) < 4.78 is 0. The fourth-order valence-corrected chi connectivity index (χ4v) is 2.92. The van der Waals surface area contributed by atoms with Crippen LogP contribution in [0.25, 0.3) is 0 Å². The maximum absolute atomic E-state index is 12.0. The molecule has 0 fully saturated rings. The highest BCUT2D eigenvalue weighted by atomic mass is 16.2. The van der Waals surface area contributed by atoms with Gasteiger partial charge in [-0.2, -0.15) is 0 Å². The van der Waals surface area contributed by atoms with Crippen molar-refractivity contribution in [2.75, 3.05) is 11.9 Å². The van der Waals surface area contributed by atoms with Crippen LogP contribution in [-0.2, 0) is 9.59 Å². The number of hydrogen-bond acceptors (Lipinski definition) is 2. The quantitative estimate of drug-likeness (QED) is 0.821. The molecular formula is C18H24N2O2. The van der Waals surface area contributed by atoms with Crippen LogP contribution in [0.3, 0.4) is 0 Å². The number of carbonyl (C=O) groups excluding carboxylic acids is 2. The summed E-state index contributed by atoms with van der Waals surface area (Å²) in [6.45, 7) is 5.99. The summed E-state index contributed by atoms with van der Waals surface area (Å²) in [4.78, 5) is 23.8. The largest absolute Gasteiger partial charge is 0.347 e. The third kappa shape index (κ3) is 4.45. The van der Waals surface area contributed by atoms with E-state index in [0.717, 1.165) is 29.7 Å². The van der Waals surface area contributed by atoms with E-state index in [1.165, 1.54) is 5.56 Å². The summed E-state index contributed by atoms with van der Waals surface area (Å²) in [5.74, 6) is 0.0686. The molecule has 0 heterocycles. The van der Waals surface area contributed by atoms with Gasteiger partial charge in [0, 0.05) is 12.1 Å². The zero-order chi connectivity index (χ0) is 16.1. The van der Waals surface area contributed by atoms with Crippen molar-refractivity contribution in [3.63, 3.8) is 0 Å². The molecule has 1 aromatic rings. The third-order valence-electron chi connectivity index (χ3n) is 3.95. The van der Waals surface area contributed by atoms with E-state index in [0.29, 0.717) is 12.3 Å². The number of hydrogen-bond donors (Lipinski definition) is 2. The highest BCUT2D eigenvalue weighted by Gasteiger charge is 2.15. The first-order valence-corrected chi connectivity index (χ1v) is 7.77. The molecular weight excluding hydrogens is 276 g/mol. The van der Waals surface area contributed by atoms with Gasteiger partial charge in [0.05, 0.1) is 6.54 Å². The van der Waals surface area contributed by atoms with Gasteiger partial charge in [-0.1, -0.05) is 29.8 Å². The predicted molar refractivity (Wildman–Crippen MR) is 88.8 cm³/mol. The maximum Gasteiger partial charge on any atom is 0.243 e. The van der Waals surface area contributed by atoms with E-state index in [2.05, 4.69) is 22.8 Å². The van der Waals surface area contributed by atoms with Gasteiger partial charge in [-0.25, -0.2) is 0 Å². The van der Waals surface area contributed by atoms with E-state index >= 15 is 0 Å². The summed E-state index contributed by atoms with van der Waals surface area (Å²) >= 11 is 0. The lowest BCUT2D eigenvalue weighted by atomic mass is 10.0. The monoisotopic (exact) mass is 300 g/mol. The molecule has 4 nitrogen and oxygen atoms in total. The summed E-state index contributed by atoms with van der Waals surface area (Å²) in [6.07, 6.45) is 6.73. The molecule has 1 atom stereocenters. The van der Waals surface area contributed by atoms with Gasteiger partial charge in [0.15, 0.2) is 0 Å². The van der Waals surface area contributed by atoms with Crippen molar-refractivity contribution in [1.29, 1.82) is 0 Å². The zero-order valence-corrected chi connectivity index (χ0v) is 13.5. The molecule has 2 amide bonds. The number of anilines is 1. The van der Waals surface area contributed by atoms with Gasteiger partial charge in [-0.15, -0.1) is 0 Å². The van der Waals surface area contributed by atoms with Crippen molar-refractivity contribution >= 4 is 17.5 Å². The van der Waals surface area contributed by atoms with E-state index in [1.807, 2.05) is 32.9 Å². The Morgan fingerprint density at radius 1 is 1.14 bits per heavy atom. The van der Waals surface area contributed by atoms with Crippen molar-refractivity contribution in [2.45, 2.75) is 40.0 Å².